The van der Waals surface area contributed by atoms with Crippen molar-refractivity contribution >= 4 is 23.2 Å². The van der Waals surface area contributed by atoms with Gasteiger partial charge >= 0.3 is 0 Å². The molecule has 2 heterocycles. The fourth-order valence-corrected chi connectivity index (χ4v) is 4.37. The summed E-state index contributed by atoms with van der Waals surface area (Å²) in [6, 6.07) is 3.78. The molecule has 0 aromatic heterocycles. The summed E-state index contributed by atoms with van der Waals surface area (Å²) in [6.07, 6.45) is 5.52. The summed E-state index contributed by atoms with van der Waals surface area (Å²) in [6.45, 7) is 3.11. The van der Waals surface area contributed by atoms with Gasteiger partial charge in [-0.2, -0.15) is 0 Å². The number of piperidine rings is 1. The summed E-state index contributed by atoms with van der Waals surface area (Å²) in [4.78, 5) is 15.3. The molecule has 3 N–H and O–H groups in total. The van der Waals surface area contributed by atoms with Crippen LogP contribution in [0.2, 0.25) is 5.02 Å². The van der Waals surface area contributed by atoms with Crippen LogP contribution < -0.4 is 15.8 Å². The summed E-state index contributed by atoms with van der Waals surface area (Å²) >= 11 is 6.09. The zero-order chi connectivity index (χ0) is 16.6. The van der Waals surface area contributed by atoms with Gasteiger partial charge in [0, 0.05) is 12.1 Å². The third-order valence-electron chi connectivity index (χ3n) is 5.26. The molecule has 0 saturated carbocycles. The monoisotopic (exact) mass is 337 g/mol. The molecule has 126 valence electrons. The molecule has 1 amide bonds. The van der Waals surface area contributed by atoms with Crippen molar-refractivity contribution in [2.24, 2.45) is 0 Å². The average Bonchev–Trinajstić information content (AvgIpc) is 2.73. The maximum absolute atomic E-state index is 12.9. The summed E-state index contributed by atoms with van der Waals surface area (Å²) in [5, 5.41) is 3.64. The van der Waals surface area contributed by atoms with Crippen molar-refractivity contribution in [1.29, 1.82) is 0 Å². The Labute approximate surface area is 142 Å². The molecule has 5 nitrogen and oxygen atoms in total. The molecule has 0 radical (unpaired) electrons. The van der Waals surface area contributed by atoms with E-state index in [-0.39, 0.29) is 11.6 Å². The van der Waals surface area contributed by atoms with Gasteiger partial charge in [0.15, 0.2) is 0 Å². The Kier molecular flexibility index (Phi) is 4.43. The Morgan fingerprint density at radius 2 is 2.26 bits per heavy atom. The third kappa shape index (κ3) is 2.76. The van der Waals surface area contributed by atoms with Gasteiger partial charge in [-0.3, -0.25) is 9.69 Å². The highest BCUT2D eigenvalue weighted by Gasteiger charge is 2.48. The largest absolute Gasteiger partial charge is 0.496 e. The highest BCUT2D eigenvalue weighted by atomic mass is 35.5. The topological polar surface area (TPSA) is 67.6 Å². The molecule has 2 atom stereocenters. The number of nitrogens with zero attached hydrogens (tertiary/aromatic N) is 1. The third-order valence-corrected chi connectivity index (χ3v) is 5.59. The number of hydrogen-bond acceptors (Lipinski definition) is 4. The molecule has 2 aliphatic heterocycles. The van der Waals surface area contributed by atoms with E-state index < -0.39 is 0 Å². The zero-order valence-corrected chi connectivity index (χ0v) is 14.4. The quantitative estimate of drug-likeness (QED) is 0.829. The lowest BCUT2D eigenvalue weighted by Gasteiger charge is -2.45. The van der Waals surface area contributed by atoms with E-state index in [0.717, 1.165) is 32.2 Å². The van der Waals surface area contributed by atoms with Crippen LogP contribution in [-0.4, -0.2) is 36.2 Å². The van der Waals surface area contributed by atoms with Gasteiger partial charge in [0.25, 0.3) is 5.91 Å². The van der Waals surface area contributed by atoms with Crippen LogP contribution in [-0.2, 0) is 0 Å². The Morgan fingerprint density at radius 1 is 1.48 bits per heavy atom. The Bertz CT molecular complexity index is 618. The smallest absolute Gasteiger partial charge is 0.256 e. The number of nitrogens with two attached hydrogens (primary N) is 1. The number of amides is 1. The number of anilines is 1. The van der Waals surface area contributed by atoms with Gasteiger partial charge in [0.1, 0.15) is 5.75 Å². The van der Waals surface area contributed by atoms with Crippen molar-refractivity contribution in [3.63, 3.8) is 0 Å². The van der Waals surface area contributed by atoms with Crippen LogP contribution in [0.3, 0.4) is 0 Å². The number of halogens is 1. The second kappa shape index (κ2) is 6.21. The number of benzene rings is 1. The molecular weight excluding hydrogens is 314 g/mol. The van der Waals surface area contributed by atoms with Crippen LogP contribution >= 0.6 is 11.6 Å². The van der Waals surface area contributed by atoms with E-state index in [0.29, 0.717) is 28.1 Å². The van der Waals surface area contributed by atoms with Gasteiger partial charge < -0.3 is 15.8 Å². The molecule has 1 aromatic carbocycles. The van der Waals surface area contributed by atoms with Crippen molar-refractivity contribution in [1.82, 2.24) is 10.2 Å². The lowest BCUT2D eigenvalue weighted by atomic mass is 9.96. The van der Waals surface area contributed by atoms with Gasteiger partial charge in [-0.05, 0) is 44.7 Å². The molecule has 3 rings (SSSR count). The maximum atomic E-state index is 12.9. The minimum Gasteiger partial charge on any atom is -0.496 e. The summed E-state index contributed by atoms with van der Waals surface area (Å²) in [7, 11) is 1.53. The van der Waals surface area contributed by atoms with Gasteiger partial charge in [-0.1, -0.05) is 18.5 Å². The predicted octanol–water partition coefficient (Wildman–Crippen LogP) is 3.03. The van der Waals surface area contributed by atoms with Gasteiger partial charge in [-0.15, -0.1) is 0 Å². The van der Waals surface area contributed by atoms with E-state index in [1.165, 1.54) is 13.5 Å². The first kappa shape index (κ1) is 16.4. The first-order valence-corrected chi connectivity index (χ1v) is 8.61. The number of nitrogen functional groups attached to an aromatic ring is 1. The number of hydrogen-bond donors (Lipinski definition) is 2. The van der Waals surface area contributed by atoms with E-state index in [1.807, 2.05) is 0 Å². The van der Waals surface area contributed by atoms with Crippen molar-refractivity contribution < 1.29 is 9.53 Å². The average molecular weight is 338 g/mol. The van der Waals surface area contributed by atoms with Crippen molar-refractivity contribution in [2.45, 2.75) is 50.7 Å². The molecule has 1 aromatic rings. The molecule has 2 bridgehead atoms. The molecule has 0 aliphatic carbocycles. The summed E-state index contributed by atoms with van der Waals surface area (Å²) in [5.41, 5.74) is 6.42. The van der Waals surface area contributed by atoms with E-state index in [9.17, 15) is 4.79 Å². The lowest BCUT2D eigenvalue weighted by molar-refractivity contribution is 0.0286. The highest BCUT2D eigenvalue weighted by Crippen LogP contribution is 2.42. The minimum absolute atomic E-state index is 0.148. The lowest BCUT2D eigenvalue weighted by Crippen LogP contribution is -2.60. The Balaban J connectivity index is 1.88. The molecule has 0 spiro atoms. The highest BCUT2D eigenvalue weighted by molar-refractivity contribution is 6.33. The van der Waals surface area contributed by atoms with Crippen molar-refractivity contribution in [3.05, 3.63) is 22.7 Å². The first-order valence-electron chi connectivity index (χ1n) is 8.23. The van der Waals surface area contributed by atoms with Crippen LogP contribution in [0, 0.1) is 0 Å². The van der Waals surface area contributed by atoms with Crippen LogP contribution in [0.15, 0.2) is 12.1 Å². The molecule has 2 aliphatic rings. The summed E-state index contributed by atoms with van der Waals surface area (Å²) in [5.74, 6) is 0.305. The maximum Gasteiger partial charge on any atom is 0.256 e. The number of fused-ring (bicyclic) bond motifs is 2. The standard InChI is InChI=1S/C17H24ClN3O2/c1-3-21-11-5-4-7-17(21,8-6-11)20-16(22)12-9-13(18)14(19)10-15(12)23-2/h9-11H,3-8,19H2,1-2H3,(H,20,22). The molecule has 6 heteroatoms. The number of nitrogens with one attached hydrogen (secondary N) is 1. The van der Waals surface area contributed by atoms with Crippen LogP contribution in [0.5, 0.6) is 5.75 Å². The normalized spacial score (nSPS) is 27.0. The van der Waals surface area contributed by atoms with Crippen LogP contribution in [0.4, 0.5) is 5.69 Å². The molecule has 2 unspecified atom stereocenters. The molecule has 23 heavy (non-hydrogen) atoms. The van der Waals surface area contributed by atoms with E-state index in [2.05, 4.69) is 17.1 Å². The molecular formula is C17H24ClN3O2. The van der Waals surface area contributed by atoms with Gasteiger partial charge in [0.2, 0.25) is 0 Å². The van der Waals surface area contributed by atoms with Crippen molar-refractivity contribution in [3.8, 4) is 5.75 Å². The van der Waals surface area contributed by atoms with Crippen LogP contribution in [0.1, 0.15) is 49.4 Å². The number of methoxy groups -OCH3 is 1. The number of rotatable bonds is 4. The van der Waals surface area contributed by atoms with Crippen molar-refractivity contribution in [2.75, 3.05) is 19.4 Å². The second-order valence-electron chi connectivity index (χ2n) is 6.43. The predicted molar refractivity (Wildman–Crippen MR) is 91.9 cm³/mol. The Morgan fingerprint density at radius 3 is 2.96 bits per heavy atom. The molecule has 2 fully saturated rings. The summed E-state index contributed by atoms with van der Waals surface area (Å²) < 4.78 is 5.31. The minimum atomic E-state index is -0.229. The van der Waals surface area contributed by atoms with E-state index >= 15 is 0 Å². The Hall–Kier alpha value is -1.46. The number of carbonyl (C=O) groups excluding carboxylic acids is 1. The first-order chi connectivity index (χ1) is 11.0. The fourth-order valence-electron chi connectivity index (χ4n) is 4.21. The number of carbonyl (C=O) groups is 1. The molecule has 2 saturated heterocycles. The van der Waals surface area contributed by atoms with Gasteiger partial charge in [-0.25, -0.2) is 0 Å². The van der Waals surface area contributed by atoms with Crippen LogP contribution in [0.25, 0.3) is 0 Å². The number of ether oxygens (including phenoxy) is 1. The zero-order valence-electron chi connectivity index (χ0n) is 13.7. The second-order valence-corrected chi connectivity index (χ2v) is 6.84. The fraction of sp³-hybridized carbons (Fsp3) is 0.588. The SMILES string of the molecule is CCN1C2CCCC1(NC(=O)c1cc(Cl)c(N)cc1OC)CC2. The van der Waals surface area contributed by atoms with E-state index in [4.69, 9.17) is 22.1 Å². The van der Waals surface area contributed by atoms with Gasteiger partial charge in [0.05, 0.1) is 29.0 Å². The van der Waals surface area contributed by atoms with E-state index in [1.54, 1.807) is 12.1 Å².